The largest absolute Gasteiger partial charge is 0.466 e. The number of methoxy groups -OCH3 is 1. The molecule has 0 fully saturated rings. The van der Waals surface area contributed by atoms with Crippen LogP contribution in [0.2, 0.25) is 0 Å². The zero-order chi connectivity index (χ0) is 11.1. The van der Waals surface area contributed by atoms with E-state index in [-0.39, 0.29) is 5.97 Å². The molecule has 0 saturated heterocycles. The highest BCUT2D eigenvalue weighted by Gasteiger charge is 2.00. The lowest BCUT2D eigenvalue weighted by Gasteiger charge is -1.95. The van der Waals surface area contributed by atoms with Crippen LogP contribution in [0, 0.1) is 0 Å². The number of hydrogen-bond donors (Lipinski definition) is 2. The Bertz CT molecular complexity index is 243. The summed E-state index contributed by atoms with van der Waals surface area (Å²) in [5.41, 5.74) is 0.521. The van der Waals surface area contributed by atoms with Gasteiger partial charge in [0.05, 0.1) is 7.11 Å². The molecular formula is C6H12O6S. The van der Waals surface area contributed by atoms with Gasteiger partial charge in [0.25, 0.3) is 0 Å². The first-order chi connectivity index (χ1) is 5.72. The van der Waals surface area contributed by atoms with E-state index in [1.807, 2.05) is 6.92 Å². The molecule has 0 rings (SSSR count). The Hall–Kier alpha value is -0.920. The fourth-order valence-electron chi connectivity index (χ4n) is 0.289. The molecular weight excluding hydrogens is 200 g/mol. The van der Waals surface area contributed by atoms with Gasteiger partial charge in [0.1, 0.15) is 0 Å². The minimum absolute atomic E-state index is 0.312. The molecule has 0 aromatic rings. The average molecular weight is 212 g/mol. The van der Waals surface area contributed by atoms with Crippen LogP contribution in [0.25, 0.3) is 0 Å². The summed E-state index contributed by atoms with van der Waals surface area (Å²) in [4.78, 5) is 10.4. The van der Waals surface area contributed by atoms with E-state index >= 15 is 0 Å². The minimum Gasteiger partial charge on any atom is -0.466 e. The Morgan fingerprint density at radius 3 is 1.85 bits per heavy atom. The fourth-order valence-corrected chi connectivity index (χ4v) is 0.289. The van der Waals surface area contributed by atoms with Gasteiger partial charge >= 0.3 is 16.4 Å². The predicted molar refractivity (Wildman–Crippen MR) is 45.6 cm³/mol. The van der Waals surface area contributed by atoms with Crippen molar-refractivity contribution in [3.8, 4) is 0 Å². The van der Waals surface area contributed by atoms with Gasteiger partial charge in [-0.25, -0.2) is 4.79 Å². The lowest BCUT2D eigenvalue weighted by atomic mass is 10.2. The maximum Gasteiger partial charge on any atom is 0.394 e. The Kier molecular flexibility index (Phi) is 7.39. The highest BCUT2D eigenvalue weighted by Crippen LogP contribution is 1.96. The van der Waals surface area contributed by atoms with Crippen LogP contribution in [-0.2, 0) is 19.9 Å². The second kappa shape index (κ2) is 6.58. The van der Waals surface area contributed by atoms with E-state index in [1.165, 1.54) is 7.11 Å². The van der Waals surface area contributed by atoms with Crippen LogP contribution in [0.3, 0.4) is 0 Å². The van der Waals surface area contributed by atoms with Crippen molar-refractivity contribution < 1.29 is 27.1 Å². The summed E-state index contributed by atoms with van der Waals surface area (Å²) >= 11 is 0. The summed E-state index contributed by atoms with van der Waals surface area (Å²) in [6.07, 6.45) is 0.659. The first-order valence-corrected chi connectivity index (χ1v) is 4.58. The Labute approximate surface area is 76.8 Å². The second-order valence-corrected chi connectivity index (χ2v) is 2.79. The molecule has 0 heterocycles. The van der Waals surface area contributed by atoms with E-state index in [2.05, 4.69) is 11.3 Å². The van der Waals surface area contributed by atoms with Crippen molar-refractivity contribution >= 4 is 16.4 Å². The van der Waals surface area contributed by atoms with Gasteiger partial charge in [0, 0.05) is 5.57 Å². The SMILES string of the molecule is C=C(CC)C(=O)OC.O=S(=O)(O)O. The quantitative estimate of drug-likeness (QED) is 0.392. The van der Waals surface area contributed by atoms with E-state index in [0.29, 0.717) is 12.0 Å². The van der Waals surface area contributed by atoms with E-state index in [9.17, 15) is 4.79 Å². The molecule has 0 aliphatic carbocycles. The van der Waals surface area contributed by atoms with Crippen LogP contribution < -0.4 is 0 Å². The second-order valence-electron chi connectivity index (χ2n) is 1.90. The molecule has 7 heteroatoms. The Balaban J connectivity index is 0. The van der Waals surface area contributed by atoms with Crippen molar-refractivity contribution in [1.29, 1.82) is 0 Å². The third kappa shape index (κ3) is 18.2. The first-order valence-electron chi connectivity index (χ1n) is 3.18. The zero-order valence-corrected chi connectivity index (χ0v) is 8.17. The van der Waals surface area contributed by atoms with Gasteiger partial charge in [0.15, 0.2) is 0 Å². The molecule has 0 bridgehead atoms. The number of hydrogen-bond acceptors (Lipinski definition) is 4. The van der Waals surface area contributed by atoms with E-state index in [4.69, 9.17) is 17.5 Å². The van der Waals surface area contributed by atoms with Crippen LogP contribution in [0.1, 0.15) is 13.3 Å². The maximum absolute atomic E-state index is 10.4. The van der Waals surface area contributed by atoms with Gasteiger partial charge in [0.2, 0.25) is 0 Å². The van der Waals surface area contributed by atoms with Gasteiger partial charge in [-0.1, -0.05) is 13.5 Å². The van der Waals surface area contributed by atoms with Crippen molar-refractivity contribution in [1.82, 2.24) is 0 Å². The summed E-state index contributed by atoms with van der Waals surface area (Å²) in [5.74, 6) is -0.312. The lowest BCUT2D eigenvalue weighted by molar-refractivity contribution is -0.136. The third-order valence-corrected chi connectivity index (χ3v) is 0.901. The Morgan fingerprint density at radius 2 is 1.77 bits per heavy atom. The van der Waals surface area contributed by atoms with Crippen molar-refractivity contribution in [2.75, 3.05) is 7.11 Å². The van der Waals surface area contributed by atoms with Crippen LogP contribution in [0.4, 0.5) is 0 Å². The highest BCUT2D eigenvalue weighted by molar-refractivity contribution is 7.79. The molecule has 0 atom stereocenters. The van der Waals surface area contributed by atoms with Gasteiger partial charge < -0.3 is 4.74 Å². The summed E-state index contributed by atoms with van der Waals surface area (Å²) in [7, 11) is -3.32. The van der Waals surface area contributed by atoms with Crippen LogP contribution in [0.15, 0.2) is 12.2 Å². The molecule has 0 aromatic heterocycles. The molecule has 0 amide bonds. The van der Waals surface area contributed by atoms with Crippen molar-refractivity contribution in [2.45, 2.75) is 13.3 Å². The number of ether oxygens (including phenoxy) is 1. The molecule has 2 N–H and O–H groups in total. The molecule has 6 nitrogen and oxygen atoms in total. The van der Waals surface area contributed by atoms with Gasteiger partial charge in [-0.05, 0) is 6.42 Å². The molecule has 0 spiro atoms. The summed E-state index contributed by atoms with van der Waals surface area (Å²) < 4.78 is 35.9. The smallest absolute Gasteiger partial charge is 0.394 e. The maximum atomic E-state index is 10.4. The van der Waals surface area contributed by atoms with Crippen molar-refractivity contribution in [2.24, 2.45) is 0 Å². The monoisotopic (exact) mass is 212 g/mol. The molecule has 0 aliphatic rings. The zero-order valence-electron chi connectivity index (χ0n) is 7.35. The lowest BCUT2D eigenvalue weighted by Crippen LogP contribution is -2.01. The number of esters is 1. The number of rotatable bonds is 2. The molecule has 0 saturated carbocycles. The predicted octanol–water partition coefficient (Wildman–Crippen LogP) is 0.473. The van der Waals surface area contributed by atoms with Gasteiger partial charge in [-0.2, -0.15) is 8.42 Å². The molecule has 13 heavy (non-hydrogen) atoms. The molecule has 0 unspecified atom stereocenters. The minimum atomic E-state index is -4.67. The summed E-state index contributed by atoms with van der Waals surface area (Å²) in [6.45, 7) is 5.33. The fraction of sp³-hybridized carbons (Fsp3) is 0.500. The molecule has 0 aromatic carbocycles. The van der Waals surface area contributed by atoms with E-state index < -0.39 is 10.4 Å². The van der Waals surface area contributed by atoms with Crippen molar-refractivity contribution in [3.05, 3.63) is 12.2 Å². The summed E-state index contributed by atoms with van der Waals surface area (Å²) in [6, 6.07) is 0. The van der Waals surface area contributed by atoms with Crippen LogP contribution in [0.5, 0.6) is 0 Å². The third-order valence-electron chi connectivity index (χ3n) is 0.901. The van der Waals surface area contributed by atoms with Crippen molar-refractivity contribution in [3.63, 3.8) is 0 Å². The van der Waals surface area contributed by atoms with Crippen LogP contribution in [-0.4, -0.2) is 30.6 Å². The number of carbonyl (C=O) groups excluding carboxylic acids is 1. The topological polar surface area (TPSA) is 101 Å². The number of carbonyl (C=O) groups is 1. The Morgan fingerprint density at radius 1 is 1.46 bits per heavy atom. The average Bonchev–Trinajstić information content (AvgIpc) is 1.98. The van der Waals surface area contributed by atoms with E-state index in [1.54, 1.807) is 0 Å². The molecule has 78 valence electrons. The summed E-state index contributed by atoms with van der Waals surface area (Å²) in [5, 5.41) is 0. The first kappa shape index (κ1) is 14.6. The van der Waals surface area contributed by atoms with Crippen LogP contribution >= 0.6 is 0 Å². The normalized spacial score (nSPS) is 9.54. The standard InChI is InChI=1S/C6H10O2.H2O4S/c1-4-5(2)6(7)8-3;1-5(2,3)4/h2,4H2,1,3H3;(H2,1,2,3,4). The van der Waals surface area contributed by atoms with Gasteiger partial charge in [-0.15, -0.1) is 0 Å². The highest BCUT2D eigenvalue weighted by atomic mass is 32.3. The molecule has 0 aliphatic heterocycles. The van der Waals surface area contributed by atoms with E-state index in [0.717, 1.165) is 0 Å². The van der Waals surface area contributed by atoms with Gasteiger partial charge in [-0.3, -0.25) is 9.11 Å². The molecule has 0 radical (unpaired) electrons.